The van der Waals surface area contributed by atoms with Gasteiger partial charge in [-0.25, -0.2) is 0 Å². The van der Waals surface area contributed by atoms with Gasteiger partial charge in [0, 0.05) is 16.7 Å². The summed E-state index contributed by atoms with van der Waals surface area (Å²) in [5.41, 5.74) is 1.60. The summed E-state index contributed by atoms with van der Waals surface area (Å²) in [6, 6.07) is 14.4. The van der Waals surface area contributed by atoms with Crippen molar-refractivity contribution >= 4 is 45.2 Å². The van der Waals surface area contributed by atoms with Crippen molar-refractivity contribution in [1.29, 1.82) is 0 Å². The van der Waals surface area contributed by atoms with Crippen LogP contribution in [0.2, 0.25) is 0 Å². The molecule has 2 N–H and O–H groups in total. The number of hydrogen-bond donors (Lipinski definition) is 2. The molecule has 3 aromatic rings. The van der Waals surface area contributed by atoms with Crippen LogP contribution in [0.5, 0.6) is 5.75 Å². The van der Waals surface area contributed by atoms with E-state index in [0.717, 1.165) is 21.5 Å². The van der Waals surface area contributed by atoms with Crippen molar-refractivity contribution < 1.29 is 14.3 Å². The maximum atomic E-state index is 12.6. The Morgan fingerprint density at radius 1 is 1.15 bits per heavy atom. The number of carbonyl (C=O) groups excluding carboxylic acids is 2. The summed E-state index contributed by atoms with van der Waals surface area (Å²) >= 11 is 4.65. The Kier molecular flexibility index (Phi) is 9.29. The average molecular weight is 544 g/mol. The normalized spacial score (nSPS) is 11.5. The van der Waals surface area contributed by atoms with Crippen LogP contribution in [-0.2, 0) is 22.6 Å². The quantitative estimate of drug-likeness (QED) is 0.275. The van der Waals surface area contributed by atoms with Crippen LogP contribution in [0.15, 0.2) is 70.8 Å². The van der Waals surface area contributed by atoms with Gasteiger partial charge in [-0.1, -0.05) is 45.9 Å². The Bertz CT molecular complexity index is 1130. The summed E-state index contributed by atoms with van der Waals surface area (Å²) in [5.74, 6) is 1.23. The van der Waals surface area contributed by atoms with Gasteiger partial charge in [-0.15, -0.1) is 16.8 Å². The average Bonchev–Trinajstić information content (AvgIpc) is 3.22. The molecule has 0 aliphatic heterocycles. The number of amides is 2. The highest BCUT2D eigenvalue weighted by atomic mass is 79.9. The number of methoxy groups -OCH3 is 1. The van der Waals surface area contributed by atoms with Crippen LogP contribution in [0.1, 0.15) is 24.4 Å². The van der Waals surface area contributed by atoms with Gasteiger partial charge in [0.25, 0.3) is 0 Å². The van der Waals surface area contributed by atoms with E-state index in [-0.39, 0.29) is 30.0 Å². The van der Waals surface area contributed by atoms with E-state index in [4.69, 9.17) is 4.74 Å². The van der Waals surface area contributed by atoms with E-state index in [1.807, 2.05) is 60.0 Å². The molecular weight excluding hydrogens is 518 g/mol. The Balaban J connectivity index is 1.60. The third-order valence-corrected chi connectivity index (χ3v) is 6.30. The smallest absolute Gasteiger partial charge is 0.234 e. The minimum absolute atomic E-state index is 0.131. The van der Waals surface area contributed by atoms with Crippen molar-refractivity contribution in [3.05, 3.63) is 77.0 Å². The first kappa shape index (κ1) is 25.5. The first-order valence-corrected chi connectivity index (χ1v) is 12.3. The zero-order valence-electron chi connectivity index (χ0n) is 19.0. The number of allylic oxidation sites excluding steroid dienone is 1. The number of thioether (sulfide) groups is 1. The van der Waals surface area contributed by atoms with Crippen LogP contribution < -0.4 is 15.4 Å². The molecule has 0 spiro atoms. The van der Waals surface area contributed by atoms with E-state index in [0.29, 0.717) is 17.5 Å². The molecule has 1 heterocycles. The Morgan fingerprint density at radius 2 is 1.85 bits per heavy atom. The molecule has 0 bridgehead atoms. The van der Waals surface area contributed by atoms with Crippen molar-refractivity contribution in [2.24, 2.45) is 0 Å². The fourth-order valence-electron chi connectivity index (χ4n) is 3.17. The third-order valence-electron chi connectivity index (χ3n) is 4.81. The maximum absolute atomic E-state index is 12.6. The number of nitrogens with zero attached hydrogens (tertiary/aromatic N) is 3. The molecule has 0 aliphatic carbocycles. The van der Waals surface area contributed by atoms with Crippen LogP contribution in [-0.4, -0.2) is 39.4 Å². The molecule has 34 heavy (non-hydrogen) atoms. The van der Waals surface area contributed by atoms with E-state index in [9.17, 15) is 9.59 Å². The SMILES string of the molecule is C=CCn1c(SCC(=O)Nc2ccc(Br)cc2)nnc1C(C)NC(=O)Cc1ccc(OC)cc1. The summed E-state index contributed by atoms with van der Waals surface area (Å²) in [4.78, 5) is 24.9. The number of nitrogens with one attached hydrogen (secondary N) is 2. The van der Waals surface area contributed by atoms with Crippen LogP contribution >= 0.6 is 27.7 Å². The summed E-state index contributed by atoms with van der Waals surface area (Å²) in [7, 11) is 1.60. The van der Waals surface area contributed by atoms with Gasteiger partial charge in [0.15, 0.2) is 11.0 Å². The molecule has 1 atom stereocenters. The fraction of sp³-hybridized carbons (Fsp3) is 0.250. The van der Waals surface area contributed by atoms with Crippen LogP contribution in [0.25, 0.3) is 0 Å². The number of anilines is 1. The molecule has 0 aliphatic rings. The minimum Gasteiger partial charge on any atom is -0.497 e. The lowest BCUT2D eigenvalue weighted by Crippen LogP contribution is -2.30. The molecule has 2 aromatic carbocycles. The van der Waals surface area contributed by atoms with E-state index in [1.54, 1.807) is 13.2 Å². The Hall–Kier alpha value is -3.11. The van der Waals surface area contributed by atoms with Gasteiger partial charge in [0.05, 0.1) is 25.3 Å². The summed E-state index contributed by atoms with van der Waals surface area (Å²) in [5, 5.41) is 14.9. The van der Waals surface area contributed by atoms with Crippen LogP contribution in [0.4, 0.5) is 5.69 Å². The van der Waals surface area contributed by atoms with Gasteiger partial charge >= 0.3 is 0 Å². The number of rotatable bonds is 11. The molecule has 0 fully saturated rings. The highest BCUT2D eigenvalue weighted by Crippen LogP contribution is 2.22. The van der Waals surface area contributed by atoms with E-state index in [1.165, 1.54) is 11.8 Å². The second-order valence-corrected chi connectivity index (χ2v) is 9.26. The standard InChI is InChI=1S/C24H26BrN5O3S/c1-4-13-30-23(16(2)26-21(31)14-17-5-11-20(33-3)12-6-17)28-29-24(30)34-15-22(32)27-19-9-7-18(25)8-10-19/h4-12,16H,1,13-15H2,2-3H3,(H,26,31)(H,27,32). The van der Waals surface area contributed by atoms with E-state index < -0.39 is 0 Å². The summed E-state index contributed by atoms with van der Waals surface area (Å²) < 4.78 is 7.94. The minimum atomic E-state index is -0.371. The number of carbonyl (C=O) groups is 2. The second-order valence-electron chi connectivity index (χ2n) is 7.40. The molecule has 10 heteroatoms. The number of benzene rings is 2. The van der Waals surface area contributed by atoms with Crippen molar-refractivity contribution in [2.45, 2.75) is 31.1 Å². The van der Waals surface area contributed by atoms with Gasteiger partial charge in [-0.3, -0.25) is 9.59 Å². The zero-order chi connectivity index (χ0) is 24.5. The number of aromatic nitrogens is 3. The zero-order valence-corrected chi connectivity index (χ0v) is 21.4. The largest absolute Gasteiger partial charge is 0.497 e. The van der Waals surface area contributed by atoms with Gasteiger partial charge < -0.3 is 19.9 Å². The number of ether oxygens (including phenoxy) is 1. The number of halogens is 1. The second kappa shape index (κ2) is 12.4. The predicted octanol–water partition coefficient (Wildman–Crippen LogP) is 4.39. The lowest BCUT2D eigenvalue weighted by atomic mass is 10.1. The first-order chi connectivity index (χ1) is 16.4. The van der Waals surface area contributed by atoms with Crippen LogP contribution in [0, 0.1) is 0 Å². The molecule has 0 radical (unpaired) electrons. The molecule has 178 valence electrons. The lowest BCUT2D eigenvalue weighted by molar-refractivity contribution is -0.121. The van der Waals surface area contributed by atoms with Crippen molar-refractivity contribution in [3.63, 3.8) is 0 Å². The molecule has 3 rings (SSSR count). The number of hydrogen-bond acceptors (Lipinski definition) is 6. The Morgan fingerprint density at radius 3 is 2.50 bits per heavy atom. The lowest BCUT2D eigenvalue weighted by Gasteiger charge is -2.15. The topological polar surface area (TPSA) is 98.1 Å². The van der Waals surface area contributed by atoms with Gasteiger partial charge in [0.1, 0.15) is 5.75 Å². The van der Waals surface area contributed by atoms with Crippen LogP contribution in [0.3, 0.4) is 0 Å². The maximum Gasteiger partial charge on any atom is 0.234 e. The van der Waals surface area contributed by atoms with Crippen molar-refractivity contribution in [1.82, 2.24) is 20.1 Å². The predicted molar refractivity (Wildman–Crippen MR) is 137 cm³/mol. The molecule has 0 saturated heterocycles. The molecule has 1 aromatic heterocycles. The highest BCUT2D eigenvalue weighted by Gasteiger charge is 2.20. The third kappa shape index (κ3) is 7.19. The van der Waals surface area contributed by atoms with Gasteiger partial charge in [-0.2, -0.15) is 0 Å². The van der Waals surface area contributed by atoms with Gasteiger partial charge in [-0.05, 0) is 48.9 Å². The summed E-state index contributed by atoms with van der Waals surface area (Å²) in [6.07, 6.45) is 1.96. The van der Waals surface area contributed by atoms with E-state index in [2.05, 4.69) is 43.3 Å². The molecule has 8 nitrogen and oxygen atoms in total. The van der Waals surface area contributed by atoms with Crippen molar-refractivity contribution in [2.75, 3.05) is 18.2 Å². The molecule has 2 amide bonds. The molecule has 0 saturated carbocycles. The summed E-state index contributed by atoms with van der Waals surface area (Å²) in [6.45, 7) is 6.11. The van der Waals surface area contributed by atoms with Gasteiger partial charge in [0.2, 0.25) is 11.8 Å². The fourth-order valence-corrected chi connectivity index (χ4v) is 4.19. The Labute approximate surface area is 211 Å². The molecular formula is C24H26BrN5O3S. The first-order valence-electron chi connectivity index (χ1n) is 10.5. The van der Waals surface area contributed by atoms with E-state index >= 15 is 0 Å². The monoisotopic (exact) mass is 543 g/mol. The molecule has 1 unspecified atom stereocenters. The highest BCUT2D eigenvalue weighted by molar-refractivity contribution is 9.10. The van der Waals surface area contributed by atoms with Crippen molar-refractivity contribution in [3.8, 4) is 5.75 Å².